The average molecular weight is 278 g/mol. The molecule has 0 unspecified atom stereocenters. The lowest BCUT2D eigenvalue weighted by Crippen LogP contribution is -2.35. The van der Waals surface area contributed by atoms with Gasteiger partial charge in [-0.05, 0) is 36.4 Å². The van der Waals surface area contributed by atoms with E-state index in [0.717, 1.165) is 13.1 Å². The molecule has 1 aromatic carbocycles. The Kier molecular flexibility index (Phi) is 4.88. The third-order valence-corrected chi connectivity index (χ3v) is 4.53. The molecule has 2 atom stereocenters. The number of amides is 1. The van der Waals surface area contributed by atoms with E-state index in [1.165, 1.54) is 10.5 Å². The minimum atomic E-state index is 0.135. The summed E-state index contributed by atoms with van der Waals surface area (Å²) < 4.78 is 0. The van der Waals surface area contributed by atoms with Crippen molar-refractivity contribution in [2.45, 2.75) is 18.4 Å². The van der Waals surface area contributed by atoms with Gasteiger partial charge in [-0.15, -0.1) is 11.8 Å². The number of thioether (sulfide) groups is 1. The van der Waals surface area contributed by atoms with E-state index >= 15 is 0 Å². The van der Waals surface area contributed by atoms with E-state index in [4.69, 9.17) is 0 Å². The molecule has 19 heavy (non-hydrogen) atoms. The Balaban J connectivity index is 1.95. The second kappa shape index (κ2) is 6.44. The Morgan fingerprint density at radius 3 is 2.58 bits per heavy atom. The third kappa shape index (κ3) is 3.51. The number of rotatable bonds is 4. The topological polar surface area (TPSA) is 32.3 Å². The first kappa shape index (κ1) is 14.4. The molecule has 1 N–H and O–H groups in total. The number of nitrogens with one attached hydrogen (secondary N) is 1. The van der Waals surface area contributed by atoms with E-state index in [1.54, 1.807) is 11.8 Å². The van der Waals surface area contributed by atoms with Gasteiger partial charge in [0.25, 0.3) is 0 Å². The van der Waals surface area contributed by atoms with Gasteiger partial charge in [0.1, 0.15) is 0 Å². The standard InChI is InChI=1S/C15H22N2OS/c1-11-8-16-9-14(11)15(18)17(2)10-12-4-6-13(19-3)7-5-12/h4-7,11,14,16H,8-10H2,1-3H3/t11-,14-/m1/s1. The molecule has 1 saturated heterocycles. The Morgan fingerprint density at radius 1 is 1.37 bits per heavy atom. The maximum Gasteiger partial charge on any atom is 0.227 e. The van der Waals surface area contributed by atoms with Gasteiger partial charge in [-0.25, -0.2) is 0 Å². The molecule has 0 aliphatic carbocycles. The Hall–Kier alpha value is -1.00. The first-order valence-electron chi connectivity index (χ1n) is 6.70. The number of benzene rings is 1. The molecule has 0 radical (unpaired) electrons. The normalized spacial score (nSPS) is 22.5. The highest BCUT2D eigenvalue weighted by atomic mass is 32.2. The number of hydrogen-bond acceptors (Lipinski definition) is 3. The Morgan fingerprint density at radius 2 is 2.05 bits per heavy atom. The van der Waals surface area contributed by atoms with Crippen LogP contribution in [0.1, 0.15) is 12.5 Å². The van der Waals surface area contributed by atoms with Crippen LogP contribution in [-0.4, -0.2) is 37.2 Å². The van der Waals surface area contributed by atoms with Crippen LogP contribution in [0.3, 0.4) is 0 Å². The van der Waals surface area contributed by atoms with Gasteiger partial charge in [-0.1, -0.05) is 19.1 Å². The van der Waals surface area contributed by atoms with Crippen molar-refractivity contribution in [2.24, 2.45) is 11.8 Å². The fourth-order valence-corrected chi connectivity index (χ4v) is 2.91. The summed E-state index contributed by atoms with van der Waals surface area (Å²) in [5.41, 5.74) is 1.19. The molecule has 0 bridgehead atoms. The molecule has 2 rings (SSSR count). The smallest absolute Gasteiger partial charge is 0.227 e. The van der Waals surface area contributed by atoms with Crippen molar-refractivity contribution in [3.63, 3.8) is 0 Å². The first-order valence-corrected chi connectivity index (χ1v) is 7.93. The maximum atomic E-state index is 12.4. The van der Waals surface area contributed by atoms with Gasteiger partial charge >= 0.3 is 0 Å². The second-order valence-electron chi connectivity index (χ2n) is 5.28. The molecule has 1 amide bonds. The van der Waals surface area contributed by atoms with E-state index < -0.39 is 0 Å². The molecule has 0 aromatic heterocycles. The fourth-order valence-electron chi connectivity index (χ4n) is 2.51. The lowest BCUT2D eigenvalue weighted by atomic mass is 9.96. The van der Waals surface area contributed by atoms with Gasteiger partial charge in [-0.2, -0.15) is 0 Å². The van der Waals surface area contributed by atoms with Crippen LogP contribution in [0.5, 0.6) is 0 Å². The summed E-state index contributed by atoms with van der Waals surface area (Å²) in [4.78, 5) is 15.5. The molecule has 0 saturated carbocycles. The summed E-state index contributed by atoms with van der Waals surface area (Å²) >= 11 is 1.73. The highest BCUT2D eigenvalue weighted by Crippen LogP contribution is 2.20. The molecule has 1 aromatic rings. The zero-order chi connectivity index (χ0) is 13.8. The molecule has 1 fully saturated rings. The molecular formula is C15H22N2OS. The molecular weight excluding hydrogens is 256 g/mol. The molecule has 0 spiro atoms. The molecule has 4 heteroatoms. The number of carbonyl (C=O) groups is 1. The van der Waals surface area contributed by atoms with Crippen LogP contribution in [0.2, 0.25) is 0 Å². The quantitative estimate of drug-likeness (QED) is 0.857. The number of nitrogens with zero attached hydrogens (tertiary/aromatic N) is 1. The summed E-state index contributed by atoms with van der Waals surface area (Å²) in [6.07, 6.45) is 2.07. The minimum Gasteiger partial charge on any atom is -0.341 e. The highest BCUT2D eigenvalue weighted by molar-refractivity contribution is 7.98. The van der Waals surface area contributed by atoms with Gasteiger partial charge < -0.3 is 10.2 Å². The van der Waals surface area contributed by atoms with Crippen LogP contribution >= 0.6 is 11.8 Å². The zero-order valence-corrected chi connectivity index (χ0v) is 12.7. The fraction of sp³-hybridized carbons (Fsp3) is 0.533. The average Bonchev–Trinajstić information content (AvgIpc) is 2.85. The third-order valence-electron chi connectivity index (χ3n) is 3.79. The van der Waals surface area contributed by atoms with Crippen molar-refractivity contribution in [1.82, 2.24) is 10.2 Å². The van der Waals surface area contributed by atoms with Crippen molar-refractivity contribution in [3.05, 3.63) is 29.8 Å². The number of carbonyl (C=O) groups excluding carboxylic acids is 1. The van der Waals surface area contributed by atoms with Crippen molar-refractivity contribution in [3.8, 4) is 0 Å². The van der Waals surface area contributed by atoms with Crippen LogP contribution in [0.4, 0.5) is 0 Å². The largest absolute Gasteiger partial charge is 0.341 e. The lowest BCUT2D eigenvalue weighted by Gasteiger charge is -2.23. The second-order valence-corrected chi connectivity index (χ2v) is 6.16. The van der Waals surface area contributed by atoms with E-state index in [0.29, 0.717) is 12.5 Å². The molecule has 1 aliphatic rings. The van der Waals surface area contributed by atoms with Crippen molar-refractivity contribution in [2.75, 3.05) is 26.4 Å². The van der Waals surface area contributed by atoms with Crippen LogP contribution < -0.4 is 5.32 Å². The number of hydrogen-bond donors (Lipinski definition) is 1. The summed E-state index contributed by atoms with van der Waals surface area (Å²) in [5, 5.41) is 3.29. The predicted molar refractivity (Wildman–Crippen MR) is 80.2 cm³/mol. The van der Waals surface area contributed by atoms with Crippen LogP contribution in [0, 0.1) is 11.8 Å². The highest BCUT2D eigenvalue weighted by Gasteiger charge is 2.31. The van der Waals surface area contributed by atoms with E-state index in [1.807, 2.05) is 11.9 Å². The lowest BCUT2D eigenvalue weighted by molar-refractivity contribution is -0.135. The van der Waals surface area contributed by atoms with E-state index in [-0.39, 0.29) is 11.8 Å². The van der Waals surface area contributed by atoms with Crippen LogP contribution in [0.25, 0.3) is 0 Å². The van der Waals surface area contributed by atoms with Crippen molar-refractivity contribution in [1.29, 1.82) is 0 Å². The Bertz CT molecular complexity index is 432. The first-order chi connectivity index (χ1) is 9.11. The van der Waals surface area contributed by atoms with Crippen LogP contribution in [0.15, 0.2) is 29.2 Å². The van der Waals surface area contributed by atoms with E-state index in [9.17, 15) is 4.79 Å². The maximum absolute atomic E-state index is 12.4. The SMILES string of the molecule is CSc1ccc(CN(C)C(=O)[C@@H]2CNC[C@H]2C)cc1. The van der Waals surface area contributed by atoms with Gasteiger partial charge in [0, 0.05) is 25.0 Å². The van der Waals surface area contributed by atoms with Gasteiger partial charge in [0.2, 0.25) is 5.91 Å². The molecule has 1 aliphatic heterocycles. The Labute approximate surface area is 119 Å². The monoisotopic (exact) mass is 278 g/mol. The van der Waals surface area contributed by atoms with Crippen molar-refractivity contribution < 1.29 is 4.79 Å². The summed E-state index contributed by atoms with van der Waals surface area (Å²) in [6.45, 7) is 4.60. The molecule has 3 nitrogen and oxygen atoms in total. The molecule has 1 heterocycles. The minimum absolute atomic E-state index is 0.135. The summed E-state index contributed by atoms with van der Waals surface area (Å²) in [7, 11) is 1.90. The summed E-state index contributed by atoms with van der Waals surface area (Å²) in [5.74, 6) is 0.829. The van der Waals surface area contributed by atoms with Gasteiger partial charge in [-0.3, -0.25) is 4.79 Å². The molecule has 104 valence electrons. The van der Waals surface area contributed by atoms with Gasteiger partial charge in [0.15, 0.2) is 0 Å². The van der Waals surface area contributed by atoms with Crippen LogP contribution in [-0.2, 0) is 11.3 Å². The van der Waals surface area contributed by atoms with E-state index in [2.05, 4.69) is 42.8 Å². The van der Waals surface area contributed by atoms with Crippen molar-refractivity contribution >= 4 is 17.7 Å². The summed E-state index contributed by atoms with van der Waals surface area (Å²) in [6, 6.07) is 8.42. The van der Waals surface area contributed by atoms with Gasteiger partial charge in [0.05, 0.1) is 5.92 Å². The zero-order valence-electron chi connectivity index (χ0n) is 11.8. The predicted octanol–water partition coefficient (Wildman–Crippen LogP) is 2.22.